The number of aromatic nitrogens is 1. The predicted octanol–water partition coefficient (Wildman–Crippen LogP) is 4.71. The molecule has 34 heavy (non-hydrogen) atoms. The topological polar surface area (TPSA) is 60.7 Å². The Labute approximate surface area is 208 Å². The molecule has 1 aromatic heterocycles. The van der Waals surface area contributed by atoms with E-state index in [1.165, 1.54) is 11.3 Å². The van der Waals surface area contributed by atoms with Crippen LogP contribution in [0.1, 0.15) is 31.0 Å². The molecule has 5 rings (SSSR count). The van der Waals surface area contributed by atoms with Crippen molar-refractivity contribution in [2.45, 2.75) is 19.9 Å². The van der Waals surface area contributed by atoms with Crippen LogP contribution in [0.4, 0.5) is 0 Å². The van der Waals surface area contributed by atoms with Gasteiger partial charge in [0.25, 0.3) is 5.56 Å². The van der Waals surface area contributed by atoms with E-state index < -0.39 is 12.0 Å². The summed E-state index contributed by atoms with van der Waals surface area (Å²) >= 11 is 4.77. The quantitative estimate of drug-likeness (QED) is 0.357. The fourth-order valence-corrected chi connectivity index (χ4v) is 5.60. The normalized spacial score (nSPS) is 15.9. The number of rotatable bonds is 4. The second-order valence-corrected chi connectivity index (χ2v) is 9.85. The molecule has 0 spiro atoms. The van der Waals surface area contributed by atoms with Gasteiger partial charge < -0.3 is 4.74 Å². The molecule has 0 bridgehead atoms. The van der Waals surface area contributed by atoms with Gasteiger partial charge in [0.05, 0.1) is 28.5 Å². The Morgan fingerprint density at radius 3 is 2.62 bits per heavy atom. The van der Waals surface area contributed by atoms with Crippen molar-refractivity contribution in [2.24, 2.45) is 4.99 Å². The van der Waals surface area contributed by atoms with Gasteiger partial charge in [0.2, 0.25) is 0 Å². The highest BCUT2D eigenvalue weighted by atomic mass is 79.9. The highest BCUT2D eigenvalue weighted by Crippen LogP contribution is 2.34. The van der Waals surface area contributed by atoms with Gasteiger partial charge in [-0.2, -0.15) is 0 Å². The van der Waals surface area contributed by atoms with Crippen molar-refractivity contribution < 1.29 is 9.53 Å². The van der Waals surface area contributed by atoms with Crippen LogP contribution < -0.4 is 14.9 Å². The molecule has 1 aliphatic heterocycles. The van der Waals surface area contributed by atoms with Crippen LogP contribution in [0.15, 0.2) is 92.3 Å². The minimum atomic E-state index is -0.631. The summed E-state index contributed by atoms with van der Waals surface area (Å²) in [6.45, 7) is 3.82. The zero-order valence-electron chi connectivity index (χ0n) is 18.6. The highest BCUT2D eigenvalue weighted by Gasteiger charge is 2.34. The van der Waals surface area contributed by atoms with E-state index in [1.54, 1.807) is 18.4 Å². The maximum Gasteiger partial charge on any atom is 0.338 e. The molecule has 170 valence electrons. The fraction of sp³-hybridized carbons (Fsp3) is 0.148. The number of carbonyl (C=O) groups is 1. The highest BCUT2D eigenvalue weighted by molar-refractivity contribution is 9.10. The van der Waals surface area contributed by atoms with Crippen LogP contribution in [0.3, 0.4) is 0 Å². The molecular weight excluding hydrogens is 512 g/mol. The number of benzene rings is 3. The summed E-state index contributed by atoms with van der Waals surface area (Å²) in [5.41, 5.74) is 2.55. The molecule has 4 aromatic rings. The van der Waals surface area contributed by atoms with Crippen molar-refractivity contribution in [1.29, 1.82) is 0 Å². The third-order valence-electron chi connectivity index (χ3n) is 5.80. The summed E-state index contributed by atoms with van der Waals surface area (Å²) in [5, 5.41) is 2.02. The van der Waals surface area contributed by atoms with E-state index in [-0.39, 0.29) is 12.2 Å². The SMILES string of the molecule is CCOC(=O)C1=C(C)N=c2s/c(=C/c3ccc(Br)cc3)c(=O)n2[C@@H]1c1cccc2ccccc12. The Kier molecular flexibility index (Phi) is 6.06. The molecule has 0 saturated carbocycles. The van der Waals surface area contributed by atoms with Crippen LogP contribution in [0.25, 0.3) is 16.8 Å². The molecule has 0 radical (unpaired) electrons. The van der Waals surface area contributed by atoms with Gasteiger partial charge in [0, 0.05) is 4.47 Å². The van der Waals surface area contributed by atoms with Crippen molar-refractivity contribution in [2.75, 3.05) is 6.61 Å². The maximum atomic E-state index is 13.7. The largest absolute Gasteiger partial charge is 0.463 e. The van der Waals surface area contributed by atoms with Crippen molar-refractivity contribution in [1.82, 2.24) is 4.57 Å². The molecular formula is C27H21BrN2O3S. The zero-order valence-corrected chi connectivity index (χ0v) is 21.0. The van der Waals surface area contributed by atoms with Gasteiger partial charge in [-0.05, 0) is 54.0 Å². The van der Waals surface area contributed by atoms with Gasteiger partial charge >= 0.3 is 5.97 Å². The summed E-state index contributed by atoms with van der Waals surface area (Å²) in [6.07, 6.45) is 1.86. The molecule has 1 aliphatic rings. The third-order valence-corrected chi connectivity index (χ3v) is 7.31. The molecule has 1 atom stereocenters. The number of thiazole rings is 1. The van der Waals surface area contributed by atoms with Crippen LogP contribution in [-0.2, 0) is 9.53 Å². The van der Waals surface area contributed by atoms with Gasteiger partial charge in [0.15, 0.2) is 4.80 Å². The summed E-state index contributed by atoms with van der Waals surface area (Å²) in [6, 6.07) is 21.0. The molecule has 7 heteroatoms. The van der Waals surface area contributed by atoms with E-state index in [0.29, 0.717) is 20.6 Å². The number of carbonyl (C=O) groups excluding carboxylic acids is 1. The van der Waals surface area contributed by atoms with Gasteiger partial charge in [0.1, 0.15) is 0 Å². The Balaban J connectivity index is 1.80. The summed E-state index contributed by atoms with van der Waals surface area (Å²) in [7, 11) is 0. The van der Waals surface area contributed by atoms with E-state index in [9.17, 15) is 9.59 Å². The number of fused-ring (bicyclic) bond motifs is 2. The number of nitrogens with zero attached hydrogens (tertiary/aromatic N) is 2. The average molecular weight is 533 g/mol. The second-order valence-electron chi connectivity index (χ2n) is 7.92. The number of hydrogen-bond acceptors (Lipinski definition) is 5. The van der Waals surface area contributed by atoms with Crippen LogP contribution in [0.5, 0.6) is 0 Å². The van der Waals surface area contributed by atoms with Crippen molar-refractivity contribution >= 4 is 50.1 Å². The summed E-state index contributed by atoms with van der Waals surface area (Å²) in [5.74, 6) is -0.455. The Bertz CT molecular complexity index is 1630. The Morgan fingerprint density at radius 1 is 1.12 bits per heavy atom. The average Bonchev–Trinajstić information content (AvgIpc) is 3.13. The number of ether oxygens (including phenoxy) is 1. The molecule has 0 amide bonds. The molecule has 0 N–H and O–H groups in total. The minimum Gasteiger partial charge on any atom is -0.463 e. The van der Waals surface area contributed by atoms with Crippen molar-refractivity contribution in [3.05, 3.63) is 113 Å². The molecule has 2 heterocycles. The predicted molar refractivity (Wildman–Crippen MR) is 138 cm³/mol. The zero-order chi connectivity index (χ0) is 23.8. The second kappa shape index (κ2) is 9.16. The molecule has 0 aliphatic carbocycles. The Morgan fingerprint density at radius 2 is 1.85 bits per heavy atom. The van der Waals surface area contributed by atoms with E-state index in [0.717, 1.165) is 26.4 Å². The molecule has 0 unspecified atom stereocenters. The lowest BCUT2D eigenvalue weighted by atomic mass is 9.91. The van der Waals surface area contributed by atoms with E-state index in [4.69, 9.17) is 4.74 Å². The first kappa shape index (κ1) is 22.5. The minimum absolute atomic E-state index is 0.182. The third kappa shape index (κ3) is 3.95. The lowest BCUT2D eigenvalue weighted by Crippen LogP contribution is -2.40. The first-order chi connectivity index (χ1) is 16.5. The number of halogens is 1. The van der Waals surface area contributed by atoms with Gasteiger partial charge in [-0.15, -0.1) is 0 Å². The molecule has 0 saturated heterocycles. The first-order valence-corrected chi connectivity index (χ1v) is 12.5. The number of esters is 1. The Hall–Kier alpha value is -3.29. The number of hydrogen-bond donors (Lipinski definition) is 0. The number of allylic oxidation sites excluding steroid dienone is 1. The standard InChI is InChI=1S/C27H21BrN2O3S/c1-3-33-26(32)23-16(2)29-27-30(24(23)21-10-6-8-18-7-4-5-9-20(18)21)25(31)22(34-27)15-17-11-13-19(28)14-12-17/h4-15,24H,3H2,1-2H3/b22-15+/t24-/m1/s1. The van der Waals surface area contributed by atoms with Crippen LogP contribution >= 0.6 is 27.3 Å². The van der Waals surface area contributed by atoms with Crippen molar-refractivity contribution in [3.63, 3.8) is 0 Å². The first-order valence-electron chi connectivity index (χ1n) is 10.9. The lowest BCUT2D eigenvalue weighted by molar-refractivity contribution is -0.139. The molecule has 3 aromatic carbocycles. The smallest absolute Gasteiger partial charge is 0.338 e. The monoisotopic (exact) mass is 532 g/mol. The lowest BCUT2D eigenvalue weighted by Gasteiger charge is -2.25. The van der Waals surface area contributed by atoms with E-state index in [2.05, 4.69) is 20.9 Å². The van der Waals surface area contributed by atoms with Gasteiger partial charge in [-0.1, -0.05) is 81.9 Å². The van der Waals surface area contributed by atoms with Crippen LogP contribution in [0.2, 0.25) is 0 Å². The van der Waals surface area contributed by atoms with E-state index >= 15 is 0 Å². The van der Waals surface area contributed by atoms with Crippen molar-refractivity contribution in [3.8, 4) is 0 Å². The van der Waals surface area contributed by atoms with Gasteiger partial charge in [-0.25, -0.2) is 9.79 Å². The molecule has 0 fully saturated rings. The summed E-state index contributed by atoms with van der Waals surface area (Å²) < 4.78 is 8.57. The van der Waals surface area contributed by atoms with E-state index in [1.807, 2.05) is 72.8 Å². The summed E-state index contributed by atoms with van der Waals surface area (Å²) in [4.78, 5) is 32.1. The fourth-order valence-electron chi connectivity index (χ4n) is 4.29. The van der Waals surface area contributed by atoms with Gasteiger partial charge in [-0.3, -0.25) is 9.36 Å². The maximum absolute atomic E-state index is 13.7. The molecule has 5 nitrogen and oxygen atoms in total. The van der Waals surface area contributed by atoms with Crippen LogP contribution in [-0.4, -0.2) is 17.1 Å². The van der Waals surface area contributed by atoms with Crippen LogP contribution in [0, 0.1) is 0 Å².